The monoisotopic (exact) mass is 292 g/mol. The maximum absolute atomic E-state index is 13.5. The van der Waals surface area contributed by atoms with Crippen LogP contribution in [0.4, 0.5) is 8.78 Å². The SMILES string of the molecule is COc1cccc(C(C)NC(=O)c2ccnc(F)c2F)c1. The quantitative estimate of drug-likeness (QED) is 0.882. The topological polar surface area (TPSA) is 51.2 Å². The fourth-order valence-corrected chi connectivity index (χ4v) is 1.86. The minimum atomic E-state index is -1.29. The Hall–Kier alpha value is -2.50. The third-order valence-corrected chi connectivity index (χ3v) is 3.03. The van der Waals surface area contributed by atoms with Gasteiger partial charge in [-0.15, -0.1) is 0 Å². The molecule has 21 heavy (non-hydrogen) atoms. The molecule has 1 heterocycles. The highest BCUT2D eigenvalue weighted by Gasteiger charge is 2.18. The molecule has 1 atom stereocenters. The van der Waals surface area contributed by atoms with Crippen molar-refractivity contribution in [3.8, 4) is 5.75 Å². The van der Waals surface area contributed by atoms with Crippen LogP contribution in [0.15, 0.2) is 36.5 Å². The number of methoxy groups -OCH3 is 1. The molecule has 1 aromatic heterocycles. The molecule has 0 aliphatic rings. The second-order valence-corrected chi connectivity index (χ2v) is 4.44. The van der Waals surface area contributed by atoms with Gasteiger partial charge in [0.15, 0.2) is 5.82 Å². The Bertz CT molecular complexity index is 662. The number of nitrogens with one attached hydrogen (secondary N) is 1. The van der Waals surface area contributed by atoms with Crippen LogP contribution in [-0.4, -0.2) is 18.0 Å². The minimum Gasteiger partial charge on any atom is -0.497 e. The van der Waals surface area contributed by atoms with Crippen LogP contribution in [-0.2, 0) is 0 Å². The summed E-state index contributed by atoms with van der Waals surface area (Å²) in [5, 5.41) is 2.60. The number of benzene rings is 1. The predicted molar refractivity (Wildman–Crippen MR) is 73.0 cm³/mol. The third kappa shape index (κ3) is 3.34. The van der Waals surface area contributed by atoms with E-state index in [0.29, 0.717) is 5.75 Å². The summed E-state index contributed by atoms with van der Waals surface area (Å²) in [5.41, 5.74) is 0.412. The number of halogens is 2. The van der Waals surface area contributed by atoms with Gasteiger partial charge >= 0.3 is 0 Å². The van der Waals surface area contributed by atoms with Crippen LogP contribution in [0.5, 0.6) is 5.75 Å². The van der Waals surface area contributed by atoms with Gasteiger partial charge in [-0.2, -0.15) is 4.39 Å². The van der Waals surface area contributed by atoms with Crippen molar-refractivity contribution in [3.63, 3.8) is 0 Å². The first kappa shape index (κ1) is 14.9. The molecule has 2 aromatic rings. The van der Waals surface area contributed by atoms with Gasteiger partial charge in [-0.1, -0.05) is 12.1 Å². The Morgan fingerprint density at radius 3 is 2.81 bits per heavy atom. The summed E-state index contributed by atoms with van der Waals surface area (Å²) in [6.45, 7) is 1.74. The van der Waals surface area contributed by atoms with E-state index in [1.165, 1.54) is 7.11 Å². The van der Waals surface area contributed by atoms with Gasteiger partial charge in [-0.05, 0) is 30.7 Å². The number of carbonyl (C=O) groups is 1. The van der Waals surface area contributed by atoms with E-state index in [1.54, 1.807) is 31.2 Å². The fourth-order valence-electron chi connectivity index (χ4n) is 1.86. The van der Waals surface area contributed by atoms with Crippen LogP contribution in [0.2, 0.25) is 0 Å². The Labute approximate surface area is 120 Å². The van der Waals surface area contributed by atoms with Gasteiger partial charge in [-0.25, -0.2) is 9.37 Å². The predicted octanol–water partition coefficient (Wildman–Crippen LogP) is 2.86. The van der Waals surface area contributed by atoms with Crippen LogP contribution in [0.3, 0.4) is 0 Å². The van der Waals surface area contributed by atoms with Crippen LogP contribution < -0.4 is 10.1 Å². The molecule has 0 spiro atoms. The smallest absolute Gasteiger partial charge is 0.254 e. The van der Waals surface area contributed by atoms with Crippen LogP contribution in [0.1, 0.15) is 28.9 Å². The number of pyridine rings is 1. The molecule has 1 unspecified atom stereocenters. The maximum atomic E-state index is 13.5. The molecule has 0 radical (unpaired) electrons. The molecule has 1 N–H and O–H groups in total. The van der Waals surface area contributed by atoms with Gasteiger partial charge in [0, 0.05) is 6.20 Å². The number of ether oxygens (including phenoxy) is 1. The highest BCUT2D eigenvalue weighted by molar-refractivity contribution is 5.94. The van der Waals surface area contributed by atoms with Crippen molar-refractivity contribution in [2.45, 2.75) is 13.0 Å². The van der Waals surface area contributed by atoms with Gasteiger partial charge in [0.2, 0.25) is 5.95 Å². The standard InChI is InChI=1S/C15H14F2N2O2/c1-9(10-4-3-5-11(8-10)21-2)19-15(20)12-6-7-18-14(17)13(12)16/h3-9H,1-2H3,(H,19,20). The van der Waals surface area contributed by atoms with Crippen molar-refractivity contribution >= 4 is 5.91 Å². The molecule has 0 bridgehead atoms. The molecule has 0 fully saturated rings. The molecule has 1 aromatic carbocycles. The van der Waals surface area contributed by atoms with Crippen molar-refractivity contribution < 1.29 is 18.3 Å². The number of rotatable bonds is 4. The van der Waals surface area contributed by atoms with E-state index in [0.717, 1.165) is 17.8 Å². The Morgan fingerprint density at radius 1 is 1.33 bits per heavy atom. The molecule has 6 heteroatoms. The molecular weight excluding hydrogens is 278 g/mol. The number of carbonyl (C=O) groups excluding carboxylic acids is 1. The number of amides is 1. The summed E-state index contributed by atoms with van der Waals surface area (Å²) in [5.74, 6) is -2.61. The first-order chi connectivity index (χ1) is 10.0. The average Bonchev–Trinajstić information content (AvgIpc) is 2.49. The van der Waals surface area contributed by atoms with Crippen molar-refractivity contribution in [1.82, 2.24) is 10.3 Å². The normalized spacial score (nSPS) is 11.8. The molecule has 0 aliphatic carbocycles. The summed E-state index contributed by atoms with van der Waals surface area (Å²) >= 11 is 0. The van der Waals surface area contributed by atoms with Crippen molar-refractivity contribution in [1.29, 1.82) is 0 Å². The van der Waals surface area contributed by atoms with E-state index in [1.807, 2.05) is 0 Å². The minimum absolute atomic E-state index is 0.378. The van der Waals surface area contributed by atoms with E-state index in [9.17, 15) is 13.6 Å². The largest absolute Gasteiger partial charge is 0.497 e. The lowest BCUT2D eigenvalue weighted by Gasteiger charge is -2.15. The lowest BCUT2D eigenvalue weighted by atomic mass is 10.1. The second kappa shape index (κ2) is 6.30. The van der Waals surface area contributed by atoms with Crippen LogP contribution >= 0.6 is 0 Å². The van der Waals surface area contributed by atoms with Gasteiger partial charge in [0.05, 0.1) is 18.7 Å². The van der Waals surface area contributed by atoms with E-state index in [4.69, 9.17) is 4.74 Å². The zero-order valence-electron chi connectivity index (χ0n) is 11.6. The summed E-state index contributed by atoms with van der Waals surface area (Å²) in [4.78, 5) is 15.1. The van der Waals surface area contributed by atoms with E-state index in [-0.39, 0.29) is 11.6 Å². The molecular formula is C15H14F2N2O2. The average molecular weight is 292 g/mol. The molecule has 0 saturated heterocycles. The van der Waals surface area contributed by atoms with Gasteiger partial charge < -0.3 is 10.1 Å². The van der Waals surface area contributed by atoms with E-state index < -0.39 is 17.7 Å². The number of hydrogen-bond acceptors (Lipinski definition) is 3. The first-order valence-corrected chi connectivity index (χ1v) is 6.27. The van der Waals surface area contributed by atoms with Crippen LogP contribution in [0.25, 0.3) is 0 Å². The Morgan fingerprint density at radius 2 is 2.10 bits per heavy atom. The zero-order chi connectivity index (χ0) is 15.4. The highest BCUT2D eigenvalue weighted by Crippen LogP contribution is 2.19. The number of nitrogens with zero attached hydrogens (tertiary/aromatic N) is 1. The molecule has 0 saturated carbocycles. The lowest BCUT2D eigenvalue weighted by Crippen LogP contribution is -2.27. The van der Waals surface area contributed by atoms with E-state index >= 15 is 0 Å². The summed E-state index contributed by atoms with van der Waals surface area (Å²) in [6, 6.07) is 7.86. The van der Waals surface area contributed by atoms with Crippen molar-refractivity contribution in [2.24, 2.45) is 0 Å². The second-order valence-electron chi connectivity index (χ2n) is 4.44. The van der Waals surface area contributed by atoms with E-state index in [2.05, 4.69) is 10.3 Å². The first-order valence-electron chi connectivity index (χ1n) is 6.27. The van der Waals surface area contributed by atoms with Crippen LogP contribution in [0, 0.1) is 11.8 Å². The zero-order valence-corrected chi connectivity index (χ0v) is 11.6. The summed E-state index contributed by atoms with van der Waals surface area (Å²) in [7, 11) is 1.54. The summed E-state index contributed by atoms with van der Waals surface area (Å²) < 4.78 is 31.6. The van der Waals surface area contributed by atoms with Gasteiger partial charge in [0.25, 0.3) is 5.91 Å². The molecule has 0 aliphatic heterocycles. The van der Waals surface area contributed by atoms with Crippen molar-refractivity contribution in [2.75, 3.05) is 7.11 Å². The Balaban J connectivity index is 2.16. The summed E-state index contributed by atoms with van der Waals surface area (Å²) in [6.07, 6.45) is 1.05. The van der Waals surface area contributed by atoms with Crippen molar-refractivity contribution in [3.05, 3.63) is 59.4 Å². The fraction of sp³-hybridized carbons (Fsp3) is 0.200. The highest BCUT2D eigenvalue weighted by atomic mass is 19.2. The maximum Gasteiger partial charge on any atom is 0.254 e. The third-order valence-electron chi connectivity index (χ3n) is 3.03. The molecule has 4 nitrogen and oxygen atoms in total. The molecule has 2 rings (SSSR count). The molecule has 110 valence electrons. The van der Waals surface area contributed by atoms with Gasteiger partial charge in [-0.3, -0.25) is 4.79 Å². The van der Waals surface area contributed by atoms with Gasteiger partial charge in [0.1, 0.15) is 5.75 Å². The number of aromatic nitrogens is 1. The molecule has 1 amide bonds. The number of hydrogen-bond donors (Lipinski definition) is 1. The lowest BCUT2D eigenvalue weighted by molar-refractivity contribution is 0.0934. The Kier molecular flexibility index (Phi) is 4.47.